The number of nitrogens with zero attached hydrogens (tertiary/aromatic N) is 1. The Morgan fingerprint density at radius 2 is 2.17 bits per heavy atom. The lowest BCUT2D eigenvalue weighted by Gasteiger charge is -2.21. The van der Waals surface area contributed by atoms with E-state index >= 15 is 0 Å². The van der Waals surface area contributed by atoms with Crippen molar-refractivity contribution in [2.75, 3.05) is 24.5 Å². The summed E-state index contributed by atoms with van der Waals surface area (Å²) in [5, 5.41) is 3.55. The Balaban J connectivity index is 2.14. The minimum atomic E-state index is 0.311. The third-order valence-electron chi connectivity index (χ3n) is 4.29. The molecule has 1 aromatic rings. The second-order valence-electron chi connectivity index (χ2n) is 6.38. The second kappa shape index (κ2) is 4.27. The molecular weight excluding hydrogens is 220 g/mol. The molecule has 2 heteroatoms. The van der Waals surface area contributed by atoms with E-state index in [4.69, 9.17) is 0 Å². The van der Waals surface area contributed by atoms with E-state index in [2.05, 4.69) is 43.1 Å². The van der Waals surface area contributed by atoms with Gasteiger partial charge in [-0.25, -0.2) is 0 Å². The number of benzene rings is 1. The number of rotatable bonds is 2. The Morgan fingerprint density at radius 1 is 1.33 bits per heavy atom. The third kappa shape index (κ3) is 1.83. The first kappa shape index (κ1) is 12.0. The van der Waals surface area contributed by atoms with Gasteiger partial charge >= 0.3 is 0 Å². The van der Waals surface area contributed by atoms with Crippen molar-refractivity contribution in [3.05, 3.63) is 28.8 Å². The molecular formula is C16H24N2. The molecule has 0 amide bonds. The van der Waals surface area contributed by atoms with Crippen LogP contribution in [0.25, 0.3) is 0 Å². The highest BCUT2D eigenvalue weighted by atomic mass is 15.2. The Hall–Kier alpha value is -1.02. The van der Waals surface area contributed by atoms with Crippen molar-refractivity contribution in [3.8, 4) is 0 Å². The van der Waals surface area contributed by atoms with E-state index in [0.29, 0.717) is 5.41 Å². The minimum absolute atomic E-state index is 0.311. The van der Waals surface area contributed by atoms with Crippen LogP contribution in [0.1, 0.15) is 43.9 Å². The van der Waals surface area contributed by atoms with Gasteiger partial charge in [0.15, 0.2) is 0 Å². The predicted octanol–water partition coefficient (Wildman–Crippen LogP) is 2.84. The zero-order chi connectivity index (χ0) is 12.8. The molecule has 0 spiro atoms. The van der Waals surface area contributed by atoms with Gasteiger partial charge in [0, 0.05) is 37.3 Å². The lowest BCUT2D eigenvalue weighted by molar-refractivity contribution is 0.544. The molecule has 0 radical (unpaired) electrons. The predicted molar refractivity (Wildman–Crippen MR) is 77.4 cm³/mol. The highest BCUT2D eigenvalue weighted by molar-refractivity contribution is 5.68. The summed E-state index contributed by atoms with van der Waals surface area (Å²) in [7, 11) is 0. The van der Waals surface area contributed by atoms with Gasteiger partial charge in [-0.3, -0.25) is 0 Å². The largest absolute Gasteiger partial charge is 0.369 e. The maximum absolute atomic E-state index is 3.55. The molecule has 3 rings (SSSR count). The maximum atomic E-state index is 3.55. The molecule has 2 nitrogen and oxygen atoms in total. The molecule has 98 valence electrons. The molecule has 2 heterocycles. The molecule has 1 N–H and O–H groups in total. The van der Waals surface area contributed by atoms with E-state index in [1.807, 2.05) is 0 Å². The van der Waals surface area contributed by atoms with E-state index < -0.39 is 0 Å². The molecule has 0 aromatic heterocycles. The van der Waals surface area contributed by atoms with Gasteiger partial charge in [-0.2, -0.15) is 0 Å². The first-order valence-corrected chi connectivity index (χ1v) is 7.24. The summed E-state index contributed by atoms with van der Waals surface area (Å²) in [4.78, 5) is 2.58. The van der Waals surface area contributed by atoms with E-state index in [0.717, 1.165) is 19.6 Å². The SMILES string of the molecule is CCCc1cc2c3c(c1)C(C)(C)CN3CCNC2. The summed E-state index contributed by atoms with van der Waals surface area (Å²) in [5.41, 5.74) is 6.45. The van der Waals surface area contributed by atoms with Crippen molar-refractivity contribution in [1.29, 1.82) is 0 Å². The number of hydrogen-bond acceptors (Lipinski definition) is 2. The Labute approximate surface area is 110 Å². The number of anilines is 1. The van der Waals surface area contributed by atoms with Crippen LogP contribution in [0.4, 0.5) is 5.69 Å². The summed E-state index contributed by atoms with van der Waals surface area (Å²) >= 11 is 0. The monoisotopic (exact) mass is 244 g/mol. The van der Waals surface area contributed by atoms with Crippen LogP contribution in [-0.2, 0) is 18.4 Å². The Kier molecular flexibility index (Phi) is 2.86. The average Bonchev–Trinajstić information content (AvgIpc) is 2.47. The maximum Gasteiger partial charge on any atom is 0.0451 e. The van der Waals surface area contributed by atoms with E-state index in [-0.39, 0.29) is 0 Å². The topological polar surface area (TPSA) is 15.3 Å². The molecule has 2 aliphatic heterocycles. The summed E-state index contributed by atoms with van der Waals surface area (Å²) in [6, 6.07) is 4.89. The zero-order valence-electron chi connectivity index (χ0n) is 11.8. The van der Waals surface area contributed by atoms with Crippen molar-refractivity contribution < 1.29 is 0 Å². The summed E-state index contributed by atoms with van der Waals surface area (Å²) < 4.78 is 0. The fourth-order valence-corrected chi connectivity index (χ4v) is 3.49. The quantitative estimate of drug-likeness (QED) is 0.860. The van der Waals surface area contributed by atoms with Gasteiger partial charge in [-0.15, -0.1) is 0 Å². The van der Waals surface area contributed by atoms with Crippen molar-refractivity contribution in [2.45, 2.75) is 45.6 Å². The summed E-state index contributed by atoms with van der Waals surface area (Å²) in [6.45, 7) is 11.5. The van der Waals surface area contributed by atoms with Crippen LogP contribution in [-0.4, -0.2) is 19.6 Å². The van der Waals surface area contributed by atoms with E-state index in [9.17, 15) is 0 Å². The van der Waals surface area contributed by atoms with Gasteiger partial charge in [-0.1, -0.05) is 39.3 Å². The van der Waals surface area contributed by atoms with Gasteiger partial charge in [-0.05, 0) is 23.1 Å². The van der Waals surface area contributed by atoms with E-state index in [1.54, 1.807) is 5.56 Å². The van der Waals surface area contributed by atoms with Crippen molar-refractivity contribution in [2.24, 2.45) is 0 Å². The summed E-state index contributed by atoms with van der Waals surface area (Å²) in [6.07, 6.45) is 2.44. The number of nitrogens with one attached hydrogen (secondary N) is 1. The lowest BCUT2D eigenvalue weighted by Crippen LogP contribution is -2.32. The second-order valence-corrected chi connectivity index (χ2v) is 6.38. The normalized spacial score (nSPS) is 20.7. The molecule has 0 bridgehead atoms. The fourth-order valence-electron chi connectivity index (χ4n) is 3.49. The standard InChI is InChI=1S/C16H24N2/c1-4-5-12-8-13-10-17-6-7-18-11-16(2,3)14(9-12)15(13)18/h8-9,17H,4-7,10-11H2,1-3H3. The van der Waals surface area contributed by atoms with Gasteiger partial charge in [0.25, 0.3) is 0 Å². The number of hydrogen-bond donors (Lipinski definition) is 1. The Morgan fingerprint density at radius 3 is 2.94 bits per heavy atom. The highest BCUT2D eigenvalue weighted by Gasteiger charge is 2.37. The molecule has 0 atom stereocenters. The summed E-state index contributed by atoms with van der Waals surface area (Å²) in [5.74, 6) is 0. The molecule has 2 aliphatic rings. The van der Waals surface area contributed by atoms with Crippen LogP contribution in [0.5, 0.6) is 0 Å². The highest BCUT2D eigenvalue weighted by Crippen LogP contribution is 2.43. The zero-order valence-corrected chi connectivity index (χ0v) is 11.8. The minimum Gasteiger partial charge on any atom is -0.369 e. The van der Waals surface area contributed by atoms with Gasteiger partial charge in [0.05, 0.1) is 0 Å². The van der Waals surface area contributed by atoms with Gasteiger partial charge in [0.1, 0.15) is 0 Å². The van der Waals surface area contributed by atoms with Crippen LogP contribution in [0.3, 0.4) is 0 Å². The van der Waals surface area contributed by atoms with E-state index in [1.165, 1.54) is 36.2 Å². The molecule has 0 aliphatic carbocycles. The third-order valence-corrected chi connectivity index (χ3v) is 4.29. The van der Waals surface area contributed by atoms with Crippen molar-refractivity contribution in [3.63, 3.8) is 0 Å². The average molecular weight is 244 g/mol. The molecule has 0 saturated heterocycles. The first-order valence-electron chi connectivity index (χ1n) is 7.24. The van der Waals surface area contributed by atoms with Crippen molar-refractivity contribution in [1.82, 2.24) is 5.32 Å². The lowest BCUT2D eigenvalue weighted by atomic mass is 9.84. The first-order chi connectivity index (χ1) is 8.62. The fraction of sp³-hybridized carbons (Fsp3) is 0.625. The smallest absolute Gasteiger partial charge is 0.0451 e. The van der Waals surface area contributed by atoms with Crippen LogP contribution < -0.4 is 10.2 Å². The van der Waals surface area contributed by atoms with Crippen molar-refractivity contribution >= 4 is 5.69 Å². The Bertz CT molecular complexity index is 462. The van der Waals surface area contributed by atoms with Gasteiger partial charge < -0.3 is 10.2 Å². The van der Waals surface area contributed by atoms with Crippen LogP contribution in [0.15, 0.2) is 12.1 Å². The molecule has 18 heavy (non-hydrogen) atoms. The molecule has 0 saturated carbocycles. The number of aryl methyl sites for hydroxylation is 1. The molecule has 0 unspecified atom stereocenters. The van der Waals surface area contributed by atoms with Crippen LogP contribution >= 0.6 is 0 Å². The van der Waals surface area contributed by atoms with Gasteiger partial charge in [0.2, 0.25) is 0 Å². The molecule has 0 fully saturated rings. The van der Waals surface area contributed by atoms with Crippen LogP contribution in [0, 0.1) is 0 Å². The molecule has 1 aromatic carbocycles. The van der Waals surface area contributed by atoms with Crippen LogP contribution in [0.2, 0.25) is 0 Å².